The predicted molar refractivity (Wildman–Crippen MR) is 78.9 cm³/mol. The summed E-state index contributed by atoms with van der Waals surface area (Å²) in [5.74, 6) is 0. The molecule has 2 aromatic rings. The van der Waals surface area contributed by atoms with E-state index >= 15 is 0 Å². The minimum atomic E-state index is -0.181. The summed E-state index contributed by atoms with van der Waals surface area (Å²) in [6, 6.07) is 8.11. The van der Waals surface area contributed by atoms with E-state index in [1.165, 1.54) is 11.1 Å². The third-order valence-corrected chi connectivity index (χ3v) is 2.32. The van der Waals surface area contributed by atoms with Crippen LogP contribution in [0.2, 0.25) is 0 Å². The van der Waals surface area contributed by atoms with Crippen molar-refractivity contribution in [3.8, 4) is 0 Å². The first-order chi connectivity index (χ1) is 9.28. The standard InChI is InChI=1S/2C7H9N.2ClH.Cr/c2*1-2-7-3-5-8-6-4-7;;;/h2*3-6H,2H2,1H3;2*1H;/q;;;;+2/p-2. The van der Waals surface area contributed by atoms with Crippen LogP contribution in [0.3, 0.4) is 0 Å². The van der Waals surface area contributed by atoms with Crippen LogP contribution in [0.15, 0.2) is 49.1 Å². The molecule has 0 aliphatic rings. The molecule has 5 heteroatoms. The van der Waals surface area contributed by atoms with Crippen molar-refractivity contribution < 1.29 is 13.4 Å². The Hall–Kier alpha value is -0.588. The summed E-state index contributed by atoms with van der Waals surface area (Å²) in [5, 5.41) is 0. The fraction of sp³-hybridized carbons (Fsp3) is 0.286. The first-order valence-corrected chi connectivity index (χ1v) is 9.46. The molecule has 0 atom stereocenters. The number of rotatable bonds is 2. The van der Waals surface area contributed by atoms with Crippen molar-refractivity contribution >= 4 is 20.1 Å². The zero-order valence-electron chi connectivity index (χ0n) is 11.1. The van der Waals surface area contributed by atoms with Crippen molar-refractivity contribution in [3.05, 3.63) is 60.2 Å². The Morgan fingerprint density at radius 1 is 0.789 bits per heavy atom. The van der Waals surface area contributed by atoms with Crippen LogP contribution >= 0.6 is 20.1 Å². The average molecular weight is 337 g/mol. The molecule has 2 nitrogen and oxygen atoms in total. The summed E-state index contributed by atoms with van der Waals surface area (Å²) < 4.78 is 0. The second kappa shape index (κ2) is 13.8. The van der Waals surface area contributed by atoms with Crippen LogP contribution in [0.5, 0.6) is 0 Å². The van der Waals surface area contributed by atoms with Gasteiger partial charge in [-0.15, -0.1) is 0 Å². The molecule has 0 amide bonds. The van der Waals surface area contributed by atoms with Crippen LogP contribution in [0.1, 0.15) is 25.0 Å². The van der Waals surface area contributed by atoms with Gasteiger partial charge < -0.3 is 0 Å². The molecule has 0 fully saturated rings. The zero-order valence-corrected chi connectivity index (χ0v) is 13.9. The molecule has 0 saturated heterocycles. The maximum absolute atomic E-state index is 4.83. The van der Waals surface area contributed by atoms with Gasteiger partial charge in [0.2, 0.25) is 0 Å². The van der Waals surface area contributed by atoms with E-state index in [4.69, 9.17) is 20.1 Å². The van der Waals surface area contributed by atoms with Gasteiger partial charge in [-0.25, -0.2) is 0 Å². The number of pyridine rings is 2. The van der Waals surface area contributed by atoms with Gasteiger partial charge >= 0.3 is 33.5 Å². The minimum absolute atomic E-state index is 0.181. The van der Waals surface area contributed by atoms with Crippen LogP contribution in [0.4, 0.5) is 0 Å². The third-order valence-electron chi connectivity index (χ3n) is 2.32. The number of aromatic nitrogens is 2. The van der Waals surface area contributed by atoms with Crippen LogP contribution in [-0.2, 0) is 26.2 Å². The van der Waals surface area contributed by atoms with Gasteiger partial charge in [0.05, 0.1) is 0 Å². The monoisotopic (exact) mass is 336 g/mol. The van der Waals surface area contributed by atoms with Crippen LogP contribution in [-0.4, -0.2) is 9.97 Å². The quantitative estimate of drug-likeness (QED) is 0.796. The van der Waals surface area contributed by atoms with E-state index in [0.717, 1.165) is 12.8 Å². The van der Waals surface area contributed by atoms with Crippen molar-refractivity contribution in [3.63, 3.8) is 0 Å². The molecule has 0 aliphatic carbocycles. The SMILES string of the molecule is CCc1ccncc1.CCc1ccncc1.[Cl][Cr][Cl]. The molecule has 0 saturated carbocycles. The molecular weight excluding hydrogens is 319 g/mol. The van der Waals surface area contributed by atoms with Crippen LogP contribution in [0.25, 0.3) is 0 Å². The van der Waals surface area contributed by atoms with E-state index in [1.54, 1.807) is 0 Å². The van der Waals surface area contributed by atoms with Gasteiger partial charge in [0.15, 0.2) is 0 Å². The molecule has 0 spiro atoms. The molecule has 2 aromatic heterocycles. The number of aryl methyl sites for hydroxylation is 2. The topological polar surface area (TPSA) is 25.8 Å². The van der Waals surface area contributed by atoms with E-state index in [-0.39, 0.29) is 13.4 Å². The first-order valence-electron chi connectivity index (χ1n) is 5.95. The summed E-state index contributed by atoms with van der Waals surface area (Å²) >= 11 is -0.181. The summed E-state index contributed by atoms with van der Waals surface area (Å²) in [7, 11) is 9.65. The fourth-order valence-electron chi connectivity index (χ4n) is 1.24. The molecule has 0 unspecified atom stereocenters. The molecular formula is C14H18Cl2CrN2. The Balaban J connectivity index is 0.000000284. The number of hydrogen-bond donors (Lipinski definition) is 0. The Kier molecular flexibility index (Phi) is 13.4. The van der Waals surface area contributed by atoms with Crippen molar-refractivity contribution in [2.24, 2.45) is 0 Å². The van der Waals surface area contributed by atoms with Crippen molar-refractivity contribution in [1.82, 2.24) is 9.97 Å². The van der Waals surface area contributed by atoms with E-state index in [1.807, 2.05) is 49.1 Å². The molecule has 2 heterocycles. The number of nitrogens with zero attached hydrogens (tertiary/aromatic N) is 2. The first kappa shape index (κ1) is 18.4. The van der Waals surface area contributed by atoms with Crippen LogP contribution in [0, 0.1) is 0 Å². The summed E-state index contributed by atoms with van der Waals surface area (Å²) in [6.07, 6.45) is 9.47. The zero-order chi connectivity index (χ0) is 14.3. The van der Waals surface area contributed by atoms with Gasteiger partial charge in [0.1, 0.15) is 0 Å². The third kappa shape index (κ3) is 11.0. The van der Waals surface area contributed by atoms with E-state index in [9.17, 15) is 0 Å². The maximum atomic E-state index is 4.83. The normalized spacial score (nSPS) is 8.63. The predicted octanol–water partition coefficient (Wildman–Crippen LogP) is 4.66. The van der Waals surface area contributed by atoms with E-state index < -0.39 is 0 Å². The second-order valence-electron chi connectivity index (χ2n) is 3.48. The van der Waals surface area contributed by atoms with Gasteiger partial charge in [-0.2, -0.15) is 0 Å². The molecule has 0 aliphatic heterocycles. The van der Waals surface area contributed by atoms with E-state index in [0.29, 0.717) is 0 Å². The van der Waals surface area contributed by atoms with Crippen molar-refractivity contribution in [1.29, 1.82) is 0 Å². The molecule has 0 bridgehead atoms. The fourth-order valence-corrected chi connectivity index (χ4v) is 1.24. The van der Waals surface area contributed by atoms with Gasteiger partial charge in [-0.05, 0) is 48.2 Å². The Morgan fingerprint density at radius 2 is 1.05 bits per heavy atom. The van der Waals surface area contributed by atoms with E-state index in [2.05, 4.69) is 23.8 Å². The molecule has 0 N–H and O–H groups in total. The molecule has 19 heavy (non-hydrogen) atoms. The average Bonchev–Trinajstić information content (AvgIpc) is 2.50. The summed E-state index contributed by atoms with van der Waals surface area (Å²) in [4.78, 5) is 7.79. The van der Waals surface area contributed by atoms with Gasteiger partial charge in [0.25, 0.3) is 0 Å². The van der Waals surface area contributed by atoms with Gasteiger partial charge in [-0.3, -0.25) is 9.97 Å². The van der Waals surface area contributed by atoms with Gasteiger partial charge in [-0.1, -0.05) is 13.8 Å². The second-order valence-corrected chi connectivity index (χ2v) is 5.58. The van der Waals surface area contributed by atoms with Gasteiger partial charge in [0, 0.05) is 24.8 Å². The number of hydrogen-bond acceptors (Lipinski definition) is 2. The molecule has 2 rings (SSSR count). The molecule has 0 aromatic carbocycles. The molecule has 0 radical (unpaired) electrons. The summed E-state index contributed by atoms with van der Waals surface area (Å²) in [6.45, 7) is 4.27. The van der Waals surface area contributed by atoms with Crippen LogP contribution < -0.4 is 0 Å². The Bertz CT molecular complexity index is 359. The summed E-state index contributed by atoms with van der Waals surface area (Å²) in [5.41, 5.74) is 2.69. The van der Waals surface area contributed by atoms with Crippen molar-refractivity contribution in [2.75, 3.05) is 0 Å². The number of halogens is 2. The molecule has 104 valence electrons. The Labute approximate surface area is 130 Å². The Morgan fingerprint density at radius 3 is 1.21 bits per heavy atom. The van der Waals surface area contributed by atoms with Crippen molar-refractivity contribution in [2.45, 2.75) is 26.7 Å².